The number of hydrogen-bond donors (Lipinski definition) is 1. The van der Waals surface area contributed by atoms with Crippen molar-refractivity contribution in [2.45, 2.75) is 13.3 Å². The number of aromatic nitrogens is 5. The van der Waals surface area contributed by atoms with Crippen LogP contribution in [0.1, 0.15) is 16.8 Å². The summed E-state index contributed by atoms with van der Waals surface area (Å²) >= 11 is 5.06. The normalized spacial score (nSPS) is 11.0. The van der Waals surface area contributed by atoms with Gasteiger partial charge in [-0.25, -0.2) is 5.10 Å². The molecule has 0 amide bonds. The van der Waals surface area contributed by atoms with Crippen molar-refractivity contribution in [3.05, 3.63) is 60.3 Å². The summed E-state index contributed by atoms with van der Waals surface area (Å²) in [4.78, 5) is 23.1. The fourth-order valence-corrected chi connectivity index (χ4v) is 2.49. The van der Waals surface area contributed by atoms with Gasteiger partial charge in [-0.1, -0.05) is 12.1 Å². The predicted molar refractivity (Wildman–Crippen MR) is 84.1 cm³/mol. The monoisotopic (exact) mass is 332 g/mol. The molecular formula is C13H12N6O3S. The molecule has 0 atom stereocenters. The van der Waals surface area contributed by atoms with Crippen LogP contribution < -0.4 is 5.56 Å². The van der Waals surface area contributed by atoms with E-state index in [0.717, 1.165) is 5.56 Å². The predicted octanol–water partition coefficient (Wildman–Crippen LogP) is 1.29. The molecule has 3 rings (SSSR count). The molecule has 0 aliphatic carbocycles. The highest BCUT2D eigenvalue weighted by molar-refractivity contribution is 7.71. The first-order valence-corrected chi connectivity index (χ1v) is 7.06. The minimum atomic E-state index is -0.463. The van der Waals surface area contributed by atoms with E-state index in [-0.39, 0.29) is 33.9 Å². The van der Waals surface area contributed by atoms with Crippen molar-refractivity contribution in [2.75, 3.05) is 0 Å². The van der Waals surface area contributed by atoms with Crippen molar-refractivity contribution in [1.82, 2.24) is 24.4 Å². The zero-order chi connectivity index (χ0) is 16.7. The second kappa shape index (κ2) is 5.39. The number of H-pyrrole nitrogens is 1. The SMILES string of the molecule is Cc1ccc(Cc2nn3c(=S)[nH]nc3n(C)c2=O)c([N+](=O)[O-])c1. The number of benzene rings is 1. The van der Waals surface area contributed by atoms with Gasteiger partial charge in [-0.05, 0) is 24.7 Å². The Kier molecular flexibility index (Phi) is 3.52. The number of aromatic amines is 1. The number of nitrogens with one attached hydrogen (secondary N) is 1. The van der Waals surface area contributed by atoms with Crippen molar-refractivity contribution in [2.24, 2.45) is 7.05 Å². The number of nitro benzene ring substituents is 1. The Hall–Kier alpha value is -2.88. The first kappa shape index (κ1) is 15.0. The van der Waals surface area contributed by atoms with Gasteiger partial charge in [0.25, 0.3) is 17.0 Å². The van der Waals surface area contributed by atoms with Gasteiger partial charge in [0, 0.05) is 25.1 Å². The van der Waals surface area contributed by atoms with E-state index in [1.54, 1.807) is 26.1 Å². The lowest BCUT2D eigenvalue weighted by atomic mass is 10.1. The van der Waals surface area contributed by atoms with Gasteiger partial charge in [-0.3, -0.25) is 19.5 Å². The molecule has 0 unspecified atom stereocenters. The van der Waals surface area contributed by atoms with Crippen LogP contribution in [-0.4, -0.2) is 29.3 Å². The largest absolute Gasteiger partial charge is 0.277 e. The summed E-state index contributed by atoms with van der Waals surface area (Å²) in [6.07, 6.45) is 0.0339. The molecule has 23 heavy (non-hydrogen) atoms. The minimum absolute atomic E-state index is 0.0339. The van der Waals surface area contributed by atoms with E-state index in [1.165, 1.54) is 15.1 Å². The highest BCUT2D eigenvalue weighted by atomic mass is 32.1. The van der Waals surface area contributed by atoms with Crippen LogP contribution in [0.5, 0.6) is 0 Å². The van der Waals surface area contributed by atoms with Crippen molar-refractivity contribution in [3.8, 4) is 0 Å². The number of nitrogens with zero attached hydrogens (tertiary/aromatic N) is 5. The maximum absolute atomic E-state index is 12.4. The molecule has 9 nitrogen and oxygen atoms in total. The van der Waals surface area contributed by atoms with Crippen LogP contribution in [0.25, 0.3) is 5.78 Å². The molecule has 0 aliphatic heterocycles. The molecule has 0 bridgehead atoms. The van der Waals surface area contributed by atoms with Crippen LogP contribution in [-0.2, 0) is 13.5 Å². The summed E-state index contributed by atoms with van der Waals surface area (Å²) in [5, 5.41) is 21.9. The minimum Gasteiger partial charge on any atom is -0.277 e. The van der Waals surface area contributed by atoms with Gasteiger partial charge in [-0.2, -0.15) is 9.61 Å². The maximum Gasteiger partial charge on any atom is 0.276 e. The van der Waals surface area contributed by atoms with Gasteiger partial charge in [0.05, 0.1) is 4.92 Å². The van der Waals surface area contributed by atoms with E-state index in [9.17, 15) is 14.9 Å². The topological polar surface area (TPSA) is 111 Å². The zero-order valence-corrected chi connectivity index (χ0v) is 13.1. The standard InChI is InChI=1S/C13H12N6O3S/c1-7-3-4-8(10(5-7)19(21)22)6-9-11(20)17(2)12-14-15-13(23)18(12)16-9/h3-5H,6H2,1-2H3,(H,15,23). The molecule has 0 saturated heterocycles. The highest BCUT2D eigenvalue weighted by Crippen LogP contribution is 2.21. The molecular weight excluding hydrogens is 320 g/mol. The number of fused-ring (bicyclic) bond motifs is 1. The van der Waals surface area contributed by atoms with Gasteiger partial charge in [0.1, 0.15) is 5.69 Å². The summed E-state index contributed by atoms with van der Waals surface area (Å²) in [6, 6.07) is 4.87. The zero-order valence-electron chi connectivity index (χ0n) is 12.3. The van der Waals surface area contributed by atoms with Crippen LogP contribution in [0.4, 0.5) is 5.69 Å². The Morgan fingerprint density at radius 2 is 2.17 bits per heavy atom. The van der Waals surface area contributed by atoms with Crippen molar-refractivity contribution in [1.29, 1.82) is 0 Å². The van der Waals surface area contributed by atoms with Gasteiger partial charge in [0.2, 0.25) is 4.77 Å². The fourth-order valence-electron chi connectivity index (χ4n) is 2.32. The number of hydrogen-bond acceptors (Lipinski definition) is 6. The Balaban J connectivity index is 2.18. The molecule has 2 heterocycles. The van der Waals surface area contributed by atoms with Crippen LogP contribution >= 0.6 is 12.2 Å². The molecule has 0 fully saturated rings. The van der Waals surface area contributed by atoms with E-state index in [1.807, 2.05) is 0 Å². The number of aryl methyl sites for hydroxylation is 2. The third-order valence-electron chi connectivity index (χ3n) is 3.50. The van der Waals surface area contributed by atoms with Gasteiger partial charge >= 0.3 is 0 Å². The van der Waals surface area contributed by atoms with E-state index in [4.69, 9.17) is 12.2 Å². The van der Waals surface area contributed by atoms with Gasteiger partial charge in [0.15, 0.2) is 0 Å². The van der Waals surface area contributed by atoms with Crippen LogP contribution in [0.15, 0.2) is 23.0 Å². The summed E-state index contributed by atoms with van der Waals surface area (Å²) in [7, 11) is 1.54. The molecule has 10 heteroatoms. The molecule has 1 N–H and O–H groups in total. The Labute approximate surface area is 134 Å². The Bertz CT molecular complexity index is 1050. The average molecular weight is 332 g/mol. The van der Waals surface area contributed by atoms with Gasteiger partial charge < -0.3 is 0 Å². The van der Waals surface area contributed by atoms with E-state index in [0.29, 0.717) is 5.56 Å². The second-order valence-corrected chi connectivity index (χ2v) is 5.50. The number of rotatable bonds is 3. The quantitative estimate of drug-likeness (QED) is 0.439. The van der Waals surface area contributed by atoms with Crippen molar-refractivity contribution < 1.29 is 4.92 Å². The van der Waals surface area contributed by atoms with Crippen LogP contribution in [0.3, 0.4) is 0 Å². The molecule has 2 aromatic heterocycles. The van der Waals surface area contributed by atoms with E-state index in [2.05, 4.69) is 15.3 Å². The molecule has 0 radical (unpaired) electrons. The van der Waals surface area contributed by atoms with Crippen LogP contribution in [0.2, 0.25) is 0 Å². The fraction of sp³-hybridized carbons (Fsp3) is 0.231. The lowest BCUT2D eigenvalue weighted by Crippen LogP contribution is -2.26. The molecule has 0 aliphatic rings. The van der Waals surface area contributed by atoms with E-state index >= 15 is 0 Å². The molecule has 3 aromatic rings. The highest BCUT2D eigenvalue weighted by Gasteiger charge is 2.18. The van der Waals surface area contributed by atoms with Crippen molar-refractivity contribution >= 4 is 23.7 Å². The lowest BCUT2D eigenvalue weighted by Gasteiger charge is -2.06. The molecule has 1 aromatic carbocycles. The average Bonchev–Trinajstić information content (AvgIpc) is 2.87. The van der Waals surface area contributed by atoms with Crippen LogP contribution in [0, 0.1) is 21.8 Å². The molecule has 0 saturated carbocycles. The Morgan fingerprint density at radius 3 is 2.87 bits per heavy atom. The maximum atomic E-state index is 12.4. The smallest absolute Gasteiger partial charge is 0.276 e. The summed E-state index contributed by atoms with van der Waals surface area (Å²) in [6.45, 7) is 1.77. The molecule has 118 valence electrons. The second-order valence-electron chi connectivity index (χ2n) is 5.12. The Morgan fingerprint density at radius 1 is 1.43 bits per heavy atom. The number of nitro groups is 1. The lowest BCUT2D eigenvalue weighted by molar-refractivity contribution is -0.385. The summed E-state index contributed by atoms with van der Waals surface area (Å²) < 4.78 is 2.87. The molecule has 0 spiro atoms. The summed E-state index contributed by atoms with van der Waals surface area (Å²) in [5.41, 5.74) is 0.934. The summed E-state index contributed by atoms with van der Waals surface area (Å²) in [5.74, 6) is 0.280. The van der Waals surface area contributed by atoms with E-state index < -0.39 is 4.92 Å². The first-order valence-electron chi connectivity index (χ1n) is 6.65. The van der Waals surface area contributed by atoms with Crippen molar-refractivity contribution in [3.63, 3.8) is 0 Å². The third-order valence-corrected chi connectivity index (χ3v) is 3.77. The van der Waals surface area contributed by atoms with Gasteiger partial charge in [-0.15, -0.1) is 5.10 Å². The first-order chi connectivity index (χ1) is 10.9. The third kappa shape index (κ3) is 2.52.